The van der Waals surface area contributed by atoms with Gasteiger partial charge in [0.15, 0.2) is 0 Å². The van der Waals surface area contributed by atoms with Gasteiger partial charge in [0.2, 0.25) is 17.8 Å². The van der Waals surface area contributed by atoms with E-state index in [1.54, 1.807) is 31.3 Å². The first-order chi connectivity index (χ1) is 13.5. The van der Waals surface area contributed by atoms with Crippen LogP contribution in [0.4, 0.5) is 16.0 Å². The molecule has 2 N–H and O–H groups in total. The average molecular weight is 386 g/mol. The van der Waals surface area contributed by atoms with Gasteiger partial charge in [-0.05, 0) is 38.4 Å². The van der Waals surface area contributed by atoms with E-state index in [9.17, 15) is 4.39 Å². The van der Waals surface area contributed by atoms with Gasteiger partial charge in [-0.2, -0.15) is 4.98 Å². The van der Waals surface area contributed by atoms with Crippen LogP contribution in [-0.2, 0) is 0 Å². The second-order valence-corrected chi connectivity index (χ2v) is 6.91. The van der Waals surface area contributed by atoms with Gasteiger partial charge in [-0.25, -0.2) is 9.37 Å². The lowest BCUT2D eigenvalue weighted by Crippen LogP contribution is -2.38. The minimum Gasteiger partial charge on any atom is -0.474 e. The van der Waals surface area contributed by atoms with Gasteiger partial charge in [0.05, 0.1) is 5.69 Å². The van der Waals surface area contributed by atoms with Crippen molar-refractivity contribution in [3.63, 3.8) is 0 Å². The number of likely N-dealkylation sites (tertiary alicyclic amines) is 1. The number of halogens is 1. The Bertz CT molecular complexity index is 822. The highest BCUT2D eigenvalue weighted by molar-refractivity contribution is 6.01. The van der Waals surface area contributed by atoms with E-state index >= 15 is 0 Å². The van der Waals surface area contributed by atoms with E-state index in [4.69, 9.17) is 10.1 Å². The third kappa shape index (κ3) is 4.95. The Kier molecular flexibility index (Phi) is 6.41. The van der Waals surface area contributed by atoms with Gasteiger partial charge in [0, 0.05) is 31.9 Å². The number of piperidine rings is 1. The lowest BCUT2D eigenvalue weighted by atomic mass is 10.1. The Morgan fingerprint density at radius 3 is 2.71 bits per heavy atom. The van der Waals surface area contributed by atoms with Gasteiger partial charge < -0.3 is 15.0 Å². The number of benzene rings is 1. The number of nitrogens with one attached hydrogen (secondary N) is 2. The maximum atomic E-state index is 13.8. The third-order valence-corrected chi connectivity index (χ3v) is 4.85. The zero-order valence-electron chi connectivity index (χ0n) is 16.6. The topological polar surface area (TPSA) is 77.4 Å². The molecule has 0 unspecified atom stereocenters. The van der Waals surface area contributed by atoms with E-state index in [0.717, 1.165) is 38.2 Å². The van der Waals surface area contributed by atoms with Crippen LogP contribution in [0.3, 0.4) is 0 Å². The molecule has 0 atom stereocenters. The fraction of sp³-hybridized carbons (Fsp3) is 0.450. The Labute approximate surface area is 165 Å². The lowest BCUT2D eigenvalue weighted by molar-refractivity contribution is 0.0997. The summed E-state index contributed by atoms with van der Waals surface area (Å²) in [7, 11) is 1.66. The van der Waals surface area contributed by atoms with E-state index in [-0.39, 0.29) is 17.8 Å². The summed E-state index contributed by atoms with van der Waals surface area (Å²) in [4.78, 5) is 12.7. The molecule has 0 saturated carbocycles. The normalized spacial score (nSPS) is 15.3. The van der Waals surface area contributed by atoms with Crippen molar-refractivity contribution < 1.29 is 9.13 Å². The molecule has 1 aliphatic heterocycles. The number of hydrogen-bond acceptors (Lipinski definition) is 5. The van der Waals surface area contributed by atoms with Gasteiger partial charge in [0.1, 0.15) is 11.9 Å². The van der Waals surface area contributed by atoms with Crippen LogP contribution < -0.4 is 15.0 Å². The molecule has 7 nitrogen and oxygen atoms in total. The van der Waals surface area contributed by atoms with Crippen LogP contribution in [0.5, 0.6) is 5.88 Å². The van der Waals surface area contributed by atoms with E-state index in [0.29, 0.717) is 11.8 Å². The second-order valence-electron chi connectivity index (χ2n) is 6.91. The summed E-state index contributed by atoms with van der Waals surface area (Å²) in [6, 6.07) is 8.03. The second kappa shape index (κ2) is 8.97. The molecule has 0 bridgehead atoms. The molecule has 1 aliphatic rings. The highest BCUT2D eigenvalue weighted by Crippen LogP contribution is 2.21. The van der Waals surface area contributed by atoms with E-state index in [1.165, 1.54) is 11.0 Å². The summed E-state index contributed by atoms with van der Waals surface area (Å²) < 4.78 is 19.9. The third-order valence-electron chi connectivity index (χ3n) is 4.85. The van der Waals surface area contributed by atoms with E-state index in [1.807, 2.05) is 6.92 Å². The van der Waals surface area contributed by atoms with E-state index in [2.05, 4.69) is 27.1 Å². The molecule has 1 fully saturated rings. The maximum absolute atomic E-state index is 13.8. The van der Waals surface area contributed by atoms with Crippen molar-refractivity contribution >= 4 is 17.6 Å². The van der Waals surface area contributed by atoms with Crippen molar-refractivity contribution in [3.8, 4) is 5.88 Å². The summed E-state index contributed by atoms with van der Waals surface area (Å²) in [5.74, 6) is 0.379. The van der Waals surface area contributed by atoms with Gasteiger partial charge in [-0.1, -0.05) is 19.1 Å². The van der Waals surface area contributed by atoms with Gasteiger partial charge >= 0.3 is 0 Å². The maximum Gasteiger partial charge on any atom is 0.235 e. The van der Waals surface area contributed by atoms with Crippen molar-refractivity contribution in [2.75, 3.05) is 36.9 Å². The van der Waals surface area contributed by atoms with Crippen LogP contribution in [0, 0.1) is 18.2 Å². The molecule has 8 heteroatoms. The monoisotopic (exact) mass is 386 g/mol. The average Bonchev–Trinajstić information content (AvgIpc) is 2.69. The van der Waals surface area contributed by atoms with Crippen LogP contribution in [0.2, 0.25) is 0 Å². The van der Waals surface area contributed by atoms with Crippen LogP contribution in [0.15, 0.2) is 30.3 Å². The van der Waals surface area contributed by atoms with Gasteiger partial charge in [0.25, 0.3) is 0 Å². The first kappa shape index (κ1) is 20.0. The predicted molar refractivity (Wildman–Crippen MR) is 109 cm³/mol. The zero-order valence-corrected chi connectivity index (χ0v) is 16.6. The molecule has 0 aliphatic carbocycles. The summed E-state index contributed by atoms with van der Waals surface area (Å²) in [6.07, 6.45) is 2.06. The number of guanidine groups is 1. The number of anilines is 2. The smallest absolute Gasteiger partial charge is 0.235 e. The van der Waals surface area contributed by atoms with Crippen molar-refractivity contribution in [1.82, 2.24) is 14.9 Å². The first-order valence-electron chi connectivity index (χ1n) is 9.54. The summed E-state index contributed by atoms with van der Waals surface area (Å²) in [5, 5.41) is 11.0. The standard InChI is InChI=1S/C20H27FN6O/c1-4-27-11-9-15(10-12-27)28-18-13-14(2)23-20(25-18)26(3)19(22)24-17-8-6-5-7-16(17)21/h5-8,13,15H,4,9-12H2,1-3H3,(H2,22,24). The fourth-order valence-corrected chi connectivity index (χ4v) is 3.12. The van der Waals surface area contributed by atoms with Gasteiger partial charge in [-0.15, -0.1) is 0 Å². The summed E-state index contributed by atoms with van der Waals surface area (Å²) in [5.41, 5.74) is 0.975. The molecule has 0 amide bonds. The quantitative estimate of drug-likeness (QED) is 0.607. The molecule has 3 rings (SSSR count). The molecule has 0 radical (unpaired) electrons. The number of aryl methyl sites for hydroxylation is 1. The highest BCUT2D eigenvalue weighted by atomic mass is 19.1. The van der Waals surface area contributed by atoms with Crippen LogP contribution in [0.25, 0.3) is 0 Å². The molecule has 0 spiro atoms. The molecule has 1 aromatic heterocycles. The summed E-state index contributed by atoms with van der Waals surface area (Å²) in [6.45, 7) is 7.14. The molecular formula is C20H27FN6O. The number of para-hydroxylation sites is 1. The minimum atomic E-state index is -0.423. The molecule has 150 valence electrons. The number of aromatic nitrogens is 2. The van der Waals surface area contributed by atoms with Crippen molar-refractivity contribution in [2.45, 2.75) is 32.8 Å². The molecule has 2 aromatic rings. The molecule has 2 heterocycles. The van der Waals surface area contributed by atoms with E-state index < -0.39 is 5.82 Å². The number of ether oxygens (including phenoxy) is 1. The number of hydrogen-bond donors (Lipinski definition) is 2. The Morgan fingerprint density at radius 2 is 2.04 bits per heavy atom. The van der Waals surface area contributed by atoms with Crippen molar-refractivity contribution in [2.24, 2.45) is 0 Å². The Morgan fingerprint density at radius 1 is 1.32 bits per heavy atom. The van der Waals surface area contributed by atoms with Crippen LogP contribution in [-0.4, -0.2) is 53.6 Å². The van der Waals surface area contributed by atoms with Crippen molar-refractivity contribution in [3.05, 3.63) is 41.8 Å². The first-order valence-corrected chi connectivity index (χ1v) is 9.54. The Balaban J connectivity index is 1.68. The predicted octanol–water partition coefficient (Wildman–Crippen LogP) is 3.27. The highest BCUT2D eigenvalue weighted by Gasteiger charge is 2.21. The zero-order chi connectivity index (χ0) is 20.1. The number of rotatable bonds is 5. The SMILES string of the molecule is CCN1CCC(Oc2cc(C)nc(N(C)C(=N)Nc3ccccc3F)n2)CC1. The largest absolute Gasteiger partial charge is 0.474 e. The Hall–Kier alpha value is -2.74. The molecular weight excluding hydrogens is 359 g/mol. The molecule has 28 heavy (non-hydrogen) atoms. The minimum absolute atomic E-state index is 0.0297. The number of nitrogens with zero attached hydrogens (tertiary/aromatic N) is 4. The van der Waals surface area contributed by atoms with Crippen LogP contribution in [0.1, 0.15) is 25.5 Å². The molecule has 1 saturated heterocycles. The van der Waals surface area contributed by atoms with Gasteiger partial charge in [-0.3, -0.25) is 10.3 Å². The fourth-order valence-electron chi connectivity index (χ4n) is 3.12. The molecule has 1 aromatic carbocycles. The summed E-state index contributed by atoms with van der Waals surface area (Å²) >= 11 is 0. The van der Waals surface area contributed by atoms with Crippen molar-refractivity contribution in [1.29, 1.82) is 5.41 Å². The lowest BCUT2D eigenvalue weighted by Gasteiger charge is -2.31. The van der Waals surface area contributed by atoms with Crippen LogP contribution >= 0.6 is 0 Å².